The molecule has 2 heterocycles. The van der Waals surface area contributed by atoms with Crippen LogP contribution in [-0.2, 0) is 6.54 Å². The van der Waals surface area contributed by atoms with Crippen LogP contribution in [0.25, 0.3) is 0 Å². The Morgan fingerprint density at radius 2 is 2.21 bits per heavy atom. The molecule has 2 N–H and O–H groups in total. The largest absolute Gasteiger partial charge is 0.478 e. The lowest BCUT2D eigenvalue weighted by molar-refractivity contribution is 0.0696. The van der Waals surface area contributed by atoms with E-state index in [0.717, 1.165) is 5.56 Å². The summed E-state index contributed by atoms with van der Waals surface area (Å²) in [5, 5.41) is 15.3. The number of amides is 1. The maximum Gasteiger partial charge on any atom is 0.335 e. The molecule has 2 rings (SSSR count). The number of carboxylic acids is 1. The van der Waals surface area contributed by atoms with Gasteiger partial charge in [-0.05, 0) is 30.0 Å². The molecule has 0 aliphatic rings. The number of carboxylic acid groups (broad SMARTS) is 1. The van der Waals surface area contributed by atoms with Crippen molar-refractivity contribution in [3.8, 4) is 0 Å². The van der Waals surface area contributed by atoms with E-state index in [1.807, 2.05) is 12.3 Å². The van der Waals surface area contributed by atoms with Crippen molar-refractivity contribution in [2.75, 3.05) is 0 Å². The molecule has 0 fully saturated rings. The molecule has 0 saturated heterocycles. The Labute approximate surface area is 113 Å². The normalized spacial score (nSPS) is 10.2. The van der Waals surface area contributed by atoms with Crippen molar-refractivity contribution >= 4 is 23.2 Å². The van der Waals surface area contributed by atoms with Gasteiger partial charge in [0.1, 0.15) is 0 Å². The van der Waals surface area contributed by atoms with E-state index in [0.29, 0.717) is 11.3 Å². The first kappa shape index (κ1) is 13.2. The van der Waals surface area contributed by atoms with E-state index in [9.17, 15) is 9.59 Å². The number of aromatic carboxylic acids is 1. The summed E-state index contributed by atoms with van der Waals surface area (Å²) < 4.78 is 0. The Morgan fingerprint density at radius 3 is 2.84 bits per heavy atom. The van der Waals surface area contributed by atoms with Crippen molar-refractivity contribution in [1.29, 1.82) is 0 Å². The highest BCUT2D eigenvalue weighted by atomic mass is 32.1. The maximum absolute atomic E-state index is 11.9. The molecule has 2 aromatic rings. The van der Waals surface area contributed by atoms with Gasteiger partial charge >= 0.3 is 5.97 Å². The number of carbonyl (C=O) groups excluding carboxylic acids is 1. The standard InChI is InChI=1S/C13H12N2O3S/c1-8-6-19-7-11(8)12(16)15-5-10-4-9(13(17)18)2-3-14-10/h2-4,6-7H,5H2,1H3,(H,15,16)(H,17,18). The number of nitrogens with zero attached hydrogens (tertiary/aromatic N) is 1. The molecule has 0 aromatic carbocycles. The summed E-state index contributed by atoms with van der Waals surface area (Å²) >= 11 is 1.47. The highest BCUT2D eigenvalue weighted by Crippen LogP contribution is 2.13. The van der Waals surface area contributed by atoms with Crippen LogP contribution >= 0.6 is 11.3 Å². The van der Waals surface area contributed by atoms with E-state index in [1.165, 1.54) is 29.7 Å². The molecule has 0 saturated carbocycles. The van der Waals surface area contributed by atoms with Gasteiger partial charge in [-0.2, -0.15) is 11.3 Å². The van der Waals surface area contributed by atoms with Crippen LogP contribution in [0.15, 0.2) is 29.1 Å². The third-order valence-electron chi connectivity index (χ3n) is 2.59. The Morgan fingerprint density at radius 1 is 1.42 bits per heavy atom. The molecule has 0 bridgehead atoms. The number of aryl methyl sites for hydroxylation is 1. The van der Waals surface area contributed by atoms with Crippen molar-refractivity contribution in [1.82, 2.24) is 10.3 Å². The van der Waals surface area contributed by atoms with Crippen LogP contribution in [0, 0.1) is 6.92 Å². The molecule has 19 heavy (non-hydrogen) atoms. The zero-order valence-corrected chi connectivity index (χ0v) is 11.0. The molecule has 5 nitrogen and oxygen atoms in total. The number of aromatic nitrogens is 1. The van der Waals surface area contributed by atoms with Crippen LogP contribution in [0.5, 0.6) is 0 Å². The number of thiophene rings is 1. The van der Waals surface area contributed by atoms with Gasteiger partial charge in [0.05, 0.1) is 23.4 Å². The van der Waals surface area contributed by atoms with Gasteiger partial charge in [0.25, 0.3) is 5.91 Å². The van der Waals surface area contributed by atoms with Gasteiger partial charge in [0.15, 0.2) is 0 Å². The number of hydrogen-bond donors (Lipinski definition) is 2. The van der Waals surface area contributed by atoms with Crippen molar-refractivity contribution in [3.63, 3.8) is 0 Å². The molecular weight excluding hydrogens is 264 g/mol. The Hall–Kier alpha value is -2.21. The van der Waals surface area contributed by atoms with Gasteiger partial charge in [-0.15, -0.1) is 0 Å². The summed E-state index contributed by atoms with van der Waals surface area (Å²) in [6.45, 7) is 2.07. The van der Waals surface area contributed by atoms with Gasteiger partial charge in [-0.1, -0.05) is 0 Å². The highest BCUT2D eigenvalue weighted by molar-refractivity contribution is 7.08. The SMILES string of the molecule is Cc1cscc1C(=O)NCc1cc(C(=O)O)ccn1. The van der Waals surface area contributed by atoms with Crippen LogP contribution in [-0.4, -0.2) is 22.0 Å². The van der Waals surface area contributed by atoms with Crippen molar-refractivity contribution in [2.45, 2.75) is 13.5 Å². The third kappa shape index (κ3) is 3.17. The van der Waals surface area contributed by atoms with Gasteiger partial charge < -0.3 is 10.4 Å². The fraction of sp³-hybridized carbons (Fsp3) is 0.154. The second-order valence-electron chi connectivity index (χ2n) is 3.99. The Balaban J connectivity index is 2.03. The van der Waals surface area contributed by atoms with E-state index >= 15 is 0 Å². The second-order valence-corrected chi connectivity index (χ2v) is 4.74. The van der Waals surface area contributed by atoms with E-state index < -0.39 is 5.97 Å². The van der Waals surface area contributed by atoms with Gasteiger partial charge in [-0.3, -0.25) is 9.78 Å². The molecule has 0 atom stereocenters. The molecule has 0 radical (unpaired) electrons. The molecule has 2 aromatic heterocycles. The van der Waals surface area contributed by atoms with Crippen LogP contribution in [0.3, 0.4) is 0 Å². The number of carbonyl (C=O) groups is 2. The predicted molar refractivity (Wildman–Crippen MR) is 71.4 cm³/mol. The average molecular weight is 276 g/mol. The lowest BCUT2D eigenvalue weighted by Crippen LogP contribution is -2.23. The summed E-state index contributed by atoms with van der Waals surface area (Å²) in [5.41, 5.74) is 2.24. The first-order valence-corrected chi connectivity index (χ1v) is 6.51. The zero-order valence-electron chi connectivity index (χ0n) is 10.2. The molecule has 0 aliphatic heterocycles. The minimum Gasteiger partial charge on any atom is -0.478 e. The van der Waals surface area contributed by atoms with E-state index in [4.69, 9.17) is 5.11 Å². The smallest absolute Gasteiger partial charge is 0.335 e. The van der Waals surface area contributed by atoms with Crippen molar-refractivity contribution < 1.29 is 14.7 Å². The van der Waals surface area contributed by atoms with E-state index in [2.05, 4.69) is 10.3 Å². The maximum atomic E-state index is 11.9. The number of rotatable bonds is 4. The lowest BCUT2D eigenvalue weighted by Gasteiger charge is -2.05. The summed E-state index contributed by atoms with van der Waals surface area (Å²) in [5.74, 6) is -1.19. The van der Waals surface area contributed by atoms with Crippen LogP contribution in [0.4, 0.5) is 0 Å². The zero-order chi connectivity index (χ0) is 13.8. The second kappa shape index (κ2) is 5.62. The van der Waals surface area contributed by atoms with E-state index in [1.54, 1.807) is 5.38 Å². The molecule has 0 unspecified atom stereocenters. The molecular formula is C13H12N2O3S. The van der Waals surface area contributed by atoms with E-state index in [-0.39, 0.29) is 18.0 Å². The number of hydrogen-bond acceptors (Lipinski definition) is 4. The fourth-order valence-corrected chi connectivity index (χ4v) is 2.40. The summed E-state index contributed by atoms with van der Waals surface area (Å²) in [4.78, 5) is 26.7. The summed E-state index contributed by atoms with van der Waals surface area (Å²) in [7, 11) is 0. The summed E-state index contributed by atoms with van der Waals surface area (Å²) in [6.07, 6.45) is 1.42. The highest BCUT2D eigenvalue weighted by Gasteiger charge is 2.10. The average Bonchev–Trinajstić information content (AvgIpc) is 2.82. The number of nitrogens with one attached hydrogen (secondary N) is 1. The molecule has 0 spiro atoms. The predicted octanol–water partition coefficient (Wildman–Crippen LogP) is 2.08. The molecule has 0 aliphatic carbocycles. The van der Waals surface area contributed by atoms with Crippen LogP contribution in [0.1, 0.15) is 32.0 Å². The minimum absolute atomic E-state index is 0.158. The monoisotopic (exact) mass is 276 g/mol. The van der Waals surface area contributed by atoms with Crippen molar-refractivity contribution in [2.24, 2.45) is 0 Å². The quantitative estimate of drug-likeness (QED) is 0.896. The summed E-state index contributed by atoms with van der Waals surface area (Å²) in [6, 6.07) is 2.86. The third-order valence-corrected chi connectivity index (χ3v) is 3.46. The van der Waals surface area contributed by atoms with Gasteiger partial charge in [0, 0.05) is 11.6 Å². The lowest BCUT2D eigenvalue weighted by atomic mass is 10.2. The molecule has 1 amide bonds. The first-order valence-electron chi connectivity index (χ1n) is 5.57. The fourth-order valence-electron chi connectivity index (χ4n) is 1.57. The van der Waals surface area contributed by atoms with Crippen LogP contribution in [0.2, 0.25) is 0 Å². The van der Waals surface area contributed by atoms with Gasteiger partial charge in [-0.25, -0.2) is 4.79 Å². The van der Waals surface area contributed by atoms with Gasteiger partial charge in [0.2, 0.25) is 0 Å². The first-order chi connectivity index (χ1) is 9.08. The molecule has 6 heteroatoms. The van der Waals surface area contributed by atoms with Crippen LogP contribution < -0.4 is 5.32 Å². The Bertz CT molecular complexity index is 622. The Kier molecular flexibility index (Phi) is 3.91. The molecule has 98 valence electrons. The topological polar surface area (TPSA) is 79.3 Å². The van der Waals surface area contributed by atoms with Crippen molar-refractivity contribution in [3.05, 3.63) is 51.5 Å². The minimum atomic E-state index is -1.01. The number of pyridine rings is 1.